The van der Waals surface area contributed by atoms with Gasteiger partial charge in [0.05, 0.1) is 11.0 Å². The molecule has 0 saturated heterocycles. The maximum Gasteiger partial charge on any atom is 0.309 e. The van der Waals surface area contributed by atoms with E-state index in [1.807, 2.05) is 42.5 Å². The third-order valence-electron chi connectivity index (χ3n) is 4.16. The first-order chi connectivity index (χ1) is 13.2. The molecule has 0 aromatic heterocycles. The van der Waals surface area contributed by atoms with E-state index in [4.69, 9.17) is 5.11 Å². The van der Waals surface area contributed by atoms with E-state index >= 15 is 0 Å². The average Bonchev–Trinajstić information content (AvgIpc) is 2.62. The molecule has 0 aromatic carbocycles. The highest BCUT2D eigenvalue weighted by molar-refractivity contribution is 5.73. The minimum atomic E-state index is -0.834. The highest BCUT2D eigenvalue weighted by Crippen LogP contribution is 2.20. The maximum atomic E-state index is 11.0. The van der Waals surface area contributed by atoms with Gasteiger partial charge >= 0.3 is 5.97 Å². The van der Waals surface area contributed by atoms with Crippen molar-refractivity contribution in [1.29, 1.82) is 0 Å². The first kappa shape index (κ1) is 25.9. The smallest absolute Gasteiger partial charge is 0.309 e. The Morgan fingerprint density at radius 3 is 1.82 bits per heavy atom. The molecule has 0 saturated carbocycles. The third kappa shape index (κ3) is 15.0. The van der Waals surface area contributed by atoms with E-state index in [-0.39, 0.29) is 0 Å². The van der Waals surface area contributed by atoms with Gasteiger partial charge in [-0.3, -0.25) is 4.79 Å². The number of allylic oxidation sites excluding steroid dienone is 10. The SMILES string of the molecule is CC/C=C\C/C=C\CC(C)(O)/C=C/C=C\C/C=C\C/C=C\CC(C)(C)C(=O)O. The fourth-order valence-electron chi connectivity index (χ4n) is 2.16. The van der Waals surface area contributed by atoms with Crippen molar-refractivity contribution in [2.45, 2.75) is 71.8 Å². The predicted octanol–water partition coefficient (Wildman–Crippen LogP) is 6.55. The van der Waals surface area contributed by atoms with Crippen molar-refractivity contribution in [3.8, 4) is 0 Å². The molecule has 156 valence electrons. The van der Waals surface area contributed by atoms with E-state index in [9.17, 15) is 9.90 Å². The van der Waals surface area contributed by atoms with Crippen LogP contribution in [0.4, 0.5) is 0 Å². The van der Waals surface area contributed by atoms with Crippen LogP contribution in [0.5, 0.6) is 0 Å². The number of hydrogen-bond donors (Lipinski definition) is 2. The van der Waals surface area contributed by atoms with Gasteiger partial charge in [-0.2, -0.15) is 0 Å². The van der Waals surface area contributed by atoms with Gasteiger partial charge in [-0.1, -0.05) is 79.8 Å². The summed E-state index contributed by atoms with van der Waals surface area (Å²) in [7, 11) is 0. The van der Waals surface area contributed by atoms with Gasteiger partial charge in [-0.15, -0.1) is 0 Å². The number of carbonyl (C=O) groups is 1. The van der Waals surface area contributed by atoms with Crippen molar-refractivity contribution in [2.24, 2.45) is 5.41 Å². The molecule has 0 aliphatic carbocycles. The lowest BCUT2D eigenvalue weighted by Crippen LogP contribution is -2.22. The molecule has 3 nitrogen and oxygen atoms in total. The zero-order chi connectivity index (χ0) is 21.3. The summed E-state index contributed by atoms with van der Waals surface area (Å²) >= 11 is 0. The molecule has 0 radical (unpaired) electrons. The summed E-state index contributed by atoms with van der Waals surface area (Å²) < 4.78 is 0. The van der Waals surface area contributed by atoms with Crippen LogP contribution in [0.25, 0.3) is 0 Å². The second-order valence-corrected chi connectivity index (χ2v) is 7.74. The van der Waals surface area contributed by atoms with Crippen molar-refractivity contribution in [2.75, 3.05) is 0 Å². The minimum Gasteiger partial charge on any atom is -0.481 e. The molecule has 0 amide bonds. The van der Waals surface area contributed by atoms with E-state index in [0.717, 1.165) is 25.7 Å². The van der Waals surface area contributed by atoms with E-state index in [0.29, 0.717) is 12.8 Å². The molecular weight excluding hydrogens is 348 g/mol. The Kier molecular flexibility index (Phi) is 13.7. The molecule has 0 rings (SSSR count). The zero-order valence-corrected chi connectivity index (χ0v) is 18.0. The summed E-state index contributed by atoms with van der Waals surface area (Å²) in [6.45, 7) is 7.38. The molecular formula is C25H38O3. The Balaban J connectivity index is 4.05. The van der Waals surface area contributed by atoms with Gasteiger partial charge in [0.2, 0.25) is 0 Å². The Morgan fingerprint density at radius 1 is 0.750 bits per heavy atom. The van der Waals surface area contributed by atoms with Gasteiger partial charge in [0.1, 0.15) is 0 Å². The van der Waals surface area contributed by atoms with E-state index < -0.39 is 17.0 Å². The Morgan fingerprint density at radius 2 is 1.25 bits per heavy atom. The molecule has 1 atom stereocenters. The highest BCUT2D eigenvalue weighted by atomic mass is 16.4. The molecule has 0 bridgehead atoms. The largest absolute Gasteiger partial charge is 0.481 e. The Hall–Kier alpha value is -2.13. The van der Waals surface area contributed by atoms with E-state index in [2.05, 4.69) is 37.3 Å². The van der Waals surface area contributed by atoms with Crippen LogP contribution in [0, 0.1) is 5.41 Å². The number of aliphatic carboxylic acids is 1. The summed E-state index contributed by atoms with van der Waals surface area (Å²) in [5.41, 5.74) is -1.54. The average molecular weight is 387 g/mol. The van der Waals surface area contributed by atoms with Crippen LogP contribution in [0.3, 0.4) is 0 Å². The van der Waals surface area contributed by atoms with Gasteiger partial charge in [0.25, 0.3) is 0 Å². The third-order valence-corrected chi connectivity index (χ3v) is 4.16. The molecule has 0 heterocycles. The number of hydrogen-bond acceptors (Lipinski definition) is 2. The van der Waals surface area contributed by atoms with Crippen LogP contribution in [-0.4, -0.2) is 21.8 Å². The second-order valence-electron chi connectivity index (χ2n) is 7.74. The molecule has 2 N–H and O–H groups in total. The number of rotatable bonds is 14. The lowest BCUT2D eigenvalue weighted by molar-refractivity contribution is -0.146. The van der Waals surface area contributed by atoms with Crippen molar-refractivity contribution in [1.82, 2.24) is 0 Å². The fraction of sp³-hybridized carbons (Fsp3) is 0.480. The summed E-state index contributed by atoms with van der Waals surface area (Å²) in [4.78, 5) is 11.0. The van der Waals surface area contributed by atoms with Crippen LogP contribution < -0.4 is 0 Å². The molecule has 3 heteroatoms. The molecule has 28 heavy (non-hydrogen) atoms. The predicted molar refractivity (Wildman–Crippen MR) is 120 cm³/mol. The topological polar surface area (TPSA) is 57.5 Å². The van der Waals surface area contributed by atoms with Gasteiger partial charge in [-0.25, -0.2) is 0 Å². The van der Waals surface area contributed by atoms with Gasteiger partial charge in [-0.05, 0) is 59.3 Å². The lowest BCUT2D eigenvalue weighted by Gasteiger charge is -2.15. The first-order valence-corrected chi connectivity index (χ1v) is 10.1. The van der Waals surface area contributed by atoms with Crippen molar-refractivity contribution in [3.63, 3.8) is 0 Å². The van der Waals surface area contributed by atoms with E-state index in [1.54, 1.807) is 20.8 Å². The first-order valence-electron chi connectivity index (χ1n) is 10.1. The highest BCUT2D eigenvalue weighted by Gasteiger charge is 2.24. The summed E-state index contributed by atoms with van der Waals surface area (Å²) in [6.07, 6.45) is 28.8. The summed E-state index contributed by atoms with van der Waals surface area (Å²) in [5.74, 6) is -0.773. The quantitative estimate of drug-likeness (QED) is 0.263. The van der Waals surface area contributed by atoms with Crippen LogP contribution in [0.15, 0.2) is 72.9 Å². The molecule has 0 fully saturated rings. The molecule has 0 aliphatic rings. The minimum absolute atomic E-state index is 0.533. The Bertz CT molecular complexity index is 599. The standard InChI is InChI=1S/C25H38O3/c1-5-6-7-8-15-18-21-25(4,28)22-19-16-13-11-9-10-12-14-17-20-24(2,3)23(26)27/h6-7,9-10,13-19,22,28H,5,8,11-12,20-21H2,1-4H3,(H,26,27)/b7-6-,10-9-,16-13-,17-14-,18-15-,22-19+. The summed E-state index contributed by atoms with van der Waals surface area (Å²) in [5, 5.41) is 19.3. The molecule has 1 unspecified atom stereocenters. The fourth-order valence-corrected chi connectivity index (χ4v) is 2.16. The number of aliphatic hydroxyl groups is 1. The monoisotopic (exact) mass is 386 g/mol. The van der Waals surface area contributed by atoms with Crippen LogP contribution >= 0.6 is 0 Å². The Labute approximate surface area is 171 Å². The number of carboxylic acids is 1. The van der Waals surface area contributed by atoms with Gasteiger partial charge in [0.15, 0.2) is 0 Å². The number of carboxylic acid groups (broad SMARTS) is 1. The van der Waals surface area contributed by atoms with Crippen molar-refractivity contribution < 1.29 is 15.0 Å². The molecule has 0 aliphatic heterocycles. The van der Waals surface area contributed by atoms with Crippen molar-refractivity contribution >= 4 is 5.97 Å². The van der Waals surface area contributed by atoms with Crippen LogP contribution in [-0.2, 0) is 4.79 Å². The molecule has 0 aromatic rings. The molecule has 0 spiro atoms. The van der Waals surface area contributed by atoms with Gasteiger partial charge in [0, 0.05) is 0 Å². The van der Waals surface area contributed by atoms with E-state index in [1.165, 1.54) is 0 Å². The second kappa shape index (κ2) is 14.9. The van der Waals surface area contributed by atoms with Gasteiger partial charge < -0.3 is 10.2 Å². The van der Waals surface area contributed by atoms with Crippen LogP contribution in [0.1, 0.15) is 66.2 Å². The lowest BCUT2D eigenvalue weighted by atomic mass is 9.89. The normalized spacial score (nSPS) is 15.9. The van der Waals surface area contributed by atoms with Crippen molar-refractivity contribution in [3.05, 3.63) is 72.9 Å². The summed E-state index contributed by atoms with van der Waals surface area (Å²) in [6, 6.07) is 0. The van der Waals surface area contributed by atoms with Crippen LogP contribution in [0.2, 0.25) is 0 Å². The zero-order valence-electron chi connectivity index (χ0n) is 18.0. The maximum absolute atomic E-state index is 11.0.